The van der Waals surface area contributed by atoms with Gasteiger partial charge in [-0.05, 0) is 49.0 Å². The van der Waals surface area contributed by atoms with Gasteiger partial charge < -0.3 is 18.6 Å². The summed E-state index contributed by atoms with van der Waals surface area (Å²) in [4.78, 5) is 52.1. The van der Waals surface area contributed by atoms with E-state index in [1.807, 2.05) is 26.8 Å². The topological polar surface area (TPSA) is 109 Å². The smallest absolute Gasteiger partial charge is 0.306 e. The fraction of sp³-hybridized carbons (Fsp3) is 0.724. The molecule has 3 aliphatic carbocycles. The van der Waals surface area contributed by atoms with E-state index in [2.05, 4.69) is 6.92 Å². The molecule has 1 saturated heterocycles. The van der Waals surface area contributed by atoms with E-state index in [1.54, 1.807) is 12.5 Å². The van der Waals surface area contributed by atoms with Crippen molar-refractivity contribution in [3.05, 3.63) is 24.2 Å². The Morgan fingerprint density at radius 3 is 2.49 bits per heavy atom. The van der Waals surface area contributed by atoms with E-state index in [0.717, 1.165) is 18.4 Å². The maximum absolute atomic E-state index is 14.3. The molecule has 3 saturated carbocycles. The predicted octanol–water partition coefficient (Wildman–Crippen LogP) is 4.66. The van der Waals surface area contributed by atoms with E-state index >= 15 is 0 Å². The molecule has 4 aliphatic rings. The number of hydrogen-bond acceptors (Lipinski definition) is 8. The van der Waals surface area contributed by atoms with E-state index in [4.69, 9.17) is 18.6 Å². The maximum Gasteiger partial charge on any atom is 0.306 e. The Kier molecular flexibility index (Phi) is 6.11. The highest BCUT2D eigenvalue weighted by Gasteiger charge is 2.71. The summed E-state index contributed by atoms with van der Waals surface area (Å²) in [6, 6.07) is 1.85. The summed E-state index contributed by atoms with van der Waals surface area (Å²) in [5.74, 6) is -1.84. The molecular formula is C29H38O8. The lowest BCUT2D eigenvalue weighted by molar-refractivity contribution is -0.231. The van der Waals surface area contributed by atoms with Crippen LogP contribution in [0.4, 0.5) is 0 Å². The second-order valence-electron chi connectivity index (χ2n) is 12.7. The summed E-state index contributed by atoms with van der Waals surface area (Å²) in [6.07, 6.45) is 4.63. The summed E-state index contributed by atoms with van der Waals surface area (Å²) >= 11 is 0. The molecule has 8 heteroatoms. The summed E-state index contributed by atoms with van der Waals surface area (Å²) in [7, 11) is 1.36. The molecule has 1 aromatic heterocycles. The predicted molar refractivity (Wildman–Crippen MR) is 131 cm³/mol. The van der Waals surface area contributed by atoms with Crippen molar-refractivity contribution in [2.45, 2.75) is 78.9 Å². The normalized spacial score (nSPS) is 42.2. The maximum atomic E-state index is 14.3. The lowest BCUT2D eigenvalue weighted by Crippen LogP contribution is -2.69. The van der Waals surface area contributed by atoms with Crippen molar-refractivity contribution < 1.29 is 37.8 Å². The Hall–Kier alpha value is -2.64. The number of hydrogen-bond donors (Lipinski definition) is 0. The van der Waals surface area contributed by atoms with Crippen LogP contribution in [-0.4, -0.2) is 36.9 Å². The van der Waals surface area contributed by atoms with Crippen LogP contribution in [0.1, 0.15) is 78.4 Å². The minimum atomic E-state index is -0.810. The minimum Gasteiger partial charge on any atom is -0.472 e. The Labute approximate surface area is 217 Å². The molecule has 202 valence electrons. The number of rotatable bonds is 4. The van der Waals surface area contributed by atoms with Crippen LogP contribution in [0.2, 0.25) is 0 Å². The first-order valence-corrected chi connectivity index (χ1v) is 13.4. The molecule has 4 fully saturated rings. The summed E-state index contributed by atoms with van der Waals surface area (Å²) in [5, 5.41) is 0. The first-order valence-electron chi connectivity index (χ1n) is 13.4. The standard InChI is InChI=1S/C29H38O8/c1-15(30)36-26-18-11-17-19(29(5,24(18)33)21(27(26,2)3)13-22(31)34-6)7-9-28(4)20(17)12-23(32)37-25(28)16-8-10-35-14-16/h8,10,14,17-21,25-26H,7,9,11-13H2,1-6H3/t17?,18-,19?,20?,21+,25+,26+,28-,29+/m1/s1. The molecule has 1 aliphatic heterocycles. The van der Waals surface area contributed by atoms with Gasteiger partial charge in [-0.3, -0.25) is 19.2 Å². The molecule has 0 amide bonds. The summed E-state index contributed by atoms with van der Waals surface area (Å²) < 4.78 is 22.2. The summed E-state index contributed by atoms with van der Waals surface area (Å²) in [6.45, 7) is 9.57. The van der Waals surface area contributed by atoms with E-state index in [1.165, 1.54) is 14.0 Å². The van der Waals surface area contributed by atoms with Crippen molar-refractivity contribution in [2.24, 2.45) is 45.8 Å². The zero-order valence-corrected chi connectivity index (χ0v) is 22.6. The van der Waals surface area contributed by atoms with Crippen LogP contribution in [0.3, 0.4) is 0 Å². The van der Waals surface area contributed by atoms with Gasteiger partial charge in [-0.25, -0.2) is 0 Å². The Balaban J connectivity index is 1.61. The molecule has 0 N–H and O–H groups in total. The van der Waals surface area contributed by atoms with Crippen LogP contribution in [0, 0.1) is 45.8 Å². The van der Waals surface area contributed by atoms with Crippen LogP contribution in [-0.2, 0) is 33.4 Å². The average molecular weight is 515 g/mol. The molecule has 1 aromatic rings. The fourth-order valence-corrected chi connectivity index (χ4v) is 9.09. The number of methoxy groups -OCH3 is 1. The van der Waals surface area contributed by atoms with Gasteiger partial charge in [0.15, 0.2) is 0 Å². The lowest BCUT2D eigenvalue weighted by Gasteiger charge is -2.66. The molecule has 2 heterocycles. The third-order valence-electron chi connectivity index (χ3n) is 10.7. The molecule has 37 heavy (non-hydrogen) atoms. The Morgan fingerprint density at radius 1 is 1.14 bits per heavy atom. The largest absolute Gasteiger partial charge is 0.472 e. The van der Waals surface area contributed by atoms with Crippen molar-refractivity contribution in [1.29, 1.82) is 0 Å². The second-order valence-corrected chi connectivity index (χ2v) is 12.7. The minimum absolute atomic E-state index is 0.00238. The number of ketones is 1. The zero-order chi connectivity index (χ0) is 26.9. The van der Waals surface area contributed by atoms with Crippen LogP contribution in [0.15, 0.2) is 23.0 Å². The van der Waals surface area contributed by atoms with Gasteiger partial charge in [0.25, 0.3) is 0 Å². The van der Waals surface area contributed by atoms with Gasteiger partial charge in [-0.1, -0.05) is 27.7 Å². The highest BCUT2D eigenvalue weighted by Crippen LogP contribution is 2.70. The number of carbonyl (C=O) groups excluding carboxylic acids is 4. The van der Waals surface area contributed by atoms with Gasteiger partial charge in [0.05, 0.1) is 25.6 Å². The van der Waals surface area contributed by atoms with Crippen molar-refractivity contribution >= 4 is 23.7 Å². The highest BCUT2D eigenvalue weighted by molar-refractivity contribution is 5.91. The van der Waals surface area contributed by atoms with Crippen molar-refractivity contribution in [3.8, 4) is 0 Å². The molecule has 0 radical (unpaired) electrons. The molecular weight excluding hydrogens is 476 g/mol. The van der Waals surface area contributed by atoms with Crippen molar-refractivity contribution in [3.63, 3.8) is 0 Å². The third kappa shape index (κ3) is 3.68. The van der Waals surface area contributed by atoms with Crippen LogP contribution >= 0.6 is 0 Å². The van der Waals surface area contributed by atoms with E-state index in [-0.39, 0.29) is 59.7 Å². The van der Waals surface area contributed by atoms with E-state index in [0.29, 0.717) is 6.42 Å². The number of ether oxygens (including phenoxy) is 3. The summed E-state index contributed by atoms with van der Waals surface area (Å²) in [5.41, 5.74) is -0.909. The van der Waals surface area contributed by atoms with Gasteiger partial charge in [0.1, 0.15) is 18.0 Å². The zero-order valence-electron chi connectivity index (χ0n) is 22.6. The first-order chi connectivity index (χ1) is 17.4. The fourth-order valence-electron chi connectivity index (χ4n) is 9.09. The highest BCUT2D eigenvalue weighted by atomic mass is 16.6. The monoisotopic (exact) mass is 514 g/mol. The average Bonchev–Trinajstić information content (AvgIpc) is 3.36. The SMILES string of the molecule is COC(=O)C[C@H]1C(C)(C)[C@@H](OC(C)=O)[C@@H]2CC3C(CC[C@]4(C)C3CC(=O)O[C@H]4c3ccoc3)[C@]1(C)C2=O. The van der Waals surface area contributed by atoms with E-state index in [9.17, 15) is 19.2 Å². The van der Waals surface area contributed by atoms with Gasteiger partial charge >= 0.3 is 17.9 Å². The number of esters is 3. The van der Waals surface area contributed by atoms with Gasteiger partial charge in [-0.15, -0.1) is 0 Å². The molecule has 0 aromatic carbocycles. The quantitative estimate of drug-likeness (QED) is 0.422. The molecule has 5 rings (SSSR count). The number of cyclic esters (lactones) is 1. The second kappa shape index (κ2) is 8.70. The van der Waals surface area contributed by atoms with Gasteiger partial charge in [0, 0.05) is 41.6 Å². The Bertz CT molecular complexity index is 1110. The molecule has 8 nitrogen and oxygen atoms in total. The van der Waals surface area contributed by atoms with Crippen LogP contribution < -0.4 is 0 Å². The molecule has 0 spiro atoms. The van der Waals surface area contributed by atoms with Crippen LogP contribution in [0.25, 0.3) is 0 Å². The third-order valence-corrected chi connectivity index (χ3v) is 10.7. The number of fused-ring (bicyclic) bond motifs is 6. The number of furan rings is 1. The van der Waals surface area contributed by atoms with Crippen LogP contribution in [0.5, 0.6) is 0 Å². The van der Waals surface area contributed by atoms with Gasteiger partial charge in [-0.2, -0.15) is 0 Å². The van der Waals surface area contributed by atoms with Crippen molar-refractivity contribution in [1.82, 2.24) is 0 Å². The molecule has 3 unspecified atom stereocenters. The molecule has 2 bridgehead atoms. The lowest BCUT2D eigenvalue weighted by atomic mass is 9.37. The number of Topliss-reactive ketones (excluding diaryl/α,β-unsaturated/α-hetero) is 1. The Morgan fingerprint density at radius 2 is 1.86 bits per heavy atom. The van der Waals surface area contributed by atoms with E-state index < -0.39 is 34.9 Å². The van der Waals surface area contributed by atoms with Crippen molar-refractivity contribution in [2.75, 3.05) is 7.11 Å². The van der Waals surface area contributed by atoms with Gasteiger partial charge in [0.2, 0.25) is 0 Å². The first kappa shape index (κ1) is 26.0. The molecule has 9 atom stereocenters. The number of carbonyl (C=O) groups is 4.